The van der Waals surface area contributed by atoms with Crippen molar-refractivity contribution >= 4 is 11.8 Å². The van der Waals surface area contributed by atoms with E-state index >= 15 is 0 Å². The summed E-state index contributed by atoms with van der Waals surface area (Å²) in [6, 6.07) is 12.2. The van der Waals surface area contributed by atoms with E-state index in [2.05, 4.69) is 16.7 Å². The van der Waals surface area contributed by atoms with Crippen molar-refractivity contribution in [2.75, 3.05) is 7.11 Å². The fourth-order valence-corrected chi connectivity index (χ4v) is 2.34. The van der Waals surface area contributed by atoms with Crippen LogP contribution in [0, 0.1) is 0 Å². The van der Waals surface area contributed by atoms with Gasteiger partial charge < -0.3 is 9.30 Å². The summed E-state index contributed by atoms with van der Waals surface area (Å²) in [5.74, 6) is 0.920. The van der Waals surface area contributed by atoms with E-state index in [1.54, 1.807) is 18.9 Å². The maximum Gasteiger partial charge on any atom is 0.132 e. The molecule has 0 aliphatic heterocycles. The first-order chi connectivity index (χ1) is 7.31. The molecule has 2 nitrogen and oxygen atoms in total. The Hall–Kier alpha value is -1.35. The standard InChI is InChI=1S/C12H13NOS/c1-13-9-5-8-12(13)15-11-7-4-3-6-10(11)14-2/h3-9H,1-2H3. The highest BCUT2D eigenvalue weighted by Gasteiger charge is 2.05. The van der Waals surface area contributed by atoms with Gasteiger partial charge in [0, 0.05) is 13.2 Å². The lowest BCUT2D eigenvalue weighted by Crippen LogP contribution is -1.89. The highest BCUT2D eigenvalue weighted by atomic mass is 32.2. The first kappa shape index (κ1) is 10.2. The van der Waals surface area contributed by atoms with Gasteiger partial charge in [-0.15, -0.1) is 0 Å². The molecule has 2 rings (SSSR count). The largest absolute Gasteiger partial charge is 0.496 e. The first-order valence-electron chi connectivity index (χ1n) is 4.73. The van der Waals surface area contributed by atoms with Crippen molar-refractivity contribution in [3.63, 3.8) is 0 Å². The molecule has 0 amide bonds. The second-order valence-corrected chi connectivity index (χ2v) is 4.27. The molecular weight excluding hydrogens is 206 g/mol. The van der Waals surface area contributed by atoms with Crippen molar-refractivity contribution < 1.29 is 4.74 Å². The lowest BCUT2D eigenvalue weighted by molar-refractivity contribution is 0.405. The predicted octanol–water partition coefficient (Wildman–Crippen LogP) is 3.18. The van der Waals surface area contributed by atoms with E-state index in [0.717, 1.165) is 10.6 Å². The van der Waals surface area contributed by atoms with E-state index in [9.17, 15) is 0 Å². The fourth-order valence-electron chi connectivity index (χ4n) is 1.37. The van der Waals surface area contributed by atoms with Crippen molar-refractivity contribution in [1.29, 1.82) is 0 Å². The minimum Gasteiger partial charge on any atom is -0.496 e. The summed E-state index contributed by atoms with van der Waals surface area (Å²) in [4.78, 5) is 1.14. The molecule has 0 aliphatic rings. The van der Waals surface area contributed by atoms with Crippen LogP contribution in [0.3, 0.4) is 0 Å². The molecule has 0 spiro atoms. The summed E-state index contributed by atoms with van der Waals surface area (Å²) >= 11 is 1.71. The summed E-state index contributed by atoms with van der Waals surface area (Å²) in [6.45, 7) is 0. The SMILES string of the molecule is COc1ccccc1Sc1cccn1C. The van der Waals surface area contributed by atoms with Gasteiger partial charge in [-0.25, -0.2) is 0 Å². The summed E-state index contributed by atoms with van der Waals surface area (Å²) in [5.41, 5.74) is 0. The molecule has 3 heteroatoms. The number of rotatable bonds is 3. The van der Waals surface area contributed by atoms with Crippen molar-refractivity contribution in [2.24, 2.45) is 7.05 Å². The fraction of sp³-hybridized carbons (Fsp3) is 0.167. The van der Waals surface area contributed by atoms with E-state index in [1.165, 1.54) is 5.03 Å². The zero-order chi connectivity index (χ0) is 10.7. The van der Waals surface area contributed by atoms with Crippen LogP contribution >= 0.6 is 11.8 Å². The van der Waals surface area contributed by atoms with Crippen LogP contribution in [-0.2, 0) is 7.05 Å². The lowest BCUT2D eigenvalue weighted by Gasteiger charge is -2.07. The van der Waals surface area contributed by atoms with Crippen molar-refractivity contribution in [3.05, 3.63) is 42.6 Å². The Bertz CT molecular complexity index is 450. The van der Waals surface area contributed by atoms with Crippen molar-refractivity contribution in [1.82, 2.24) is 4.57 Å². The van der Waals surface area contributed by atoms with Crippen LogP contribution in [0.4, 0.5) is 0 Å². The van der Waals surface area contributed by atoms with Gasteiger partial charge in [0.15, 0.2) is 0 Å². The third-order valence-electron chi connectivity index (χ3n) is 2.18. The highest BCUT2D eigenvalue weighted by molar-refractivity contribution is 7.99. The number of ether oxygens (including phenoxy) is 1. The molecule has 0 aliphatic carbocycles. The summed E-state index contributed by atoms with van der Waals surface area (Å²) in [7, 11) is 3.74. The summed E-state index contributed by atoms with van der Waals surface area (Å²) < 4.78 is 7.40. The zero-order valence-electron chi connectivity index (χ0n) is 8.81. The molecule has 0 atom stereocenters. The summed E-state index contributed by atoms with van der Waals surface area (Å²) in [5, 5.41) is 1.21. The lowest BCUT2D eigenvalue weighted by atomic mass is 10.3. The average molecular weight is 219 g/mol. The number of methoxy groups -OCH3 is 1. The Balaban J connectivity index is 2.28. The number of benzene rings is 1. The monoisotopic (exact) mass is 219 g/mol. The molecule has 1 aromatic heterocycles. The Morgan fingerprint density at radius 2 is 1.93 bits per heavy atom. The molecule has 0 unspecified atom stereocenters. The van der Waals surface area contributed by atoms with Crippen molar-refractivity contribution in [3.8, 4) is 5.75 Å². The Morgan fingerprint density at radius 1 is 1.13 bits per heavy atom. The molecule has 0 bridgehead atoms. The molecular formula is C12H13NOS. The number of hydrogen-bond acceptors (Lipinski definition) is 2. The Morgan fingerprint density at radius 3 is 2.60 bits per heavy atom. The van der Waals surface area contributed by atoms with Crippen LogP contribution in [0.1, 0.15) is 0 Å². The van der Waals surface area contributed by atoms with Crippen LogP contribution in [-0.4, -0.2) is 11.7 Å². The minimum atomic E-state index is 0.920. The number of hydrogen-bond donors (Lipinski definition) is 0. The molecule has 15 heavy (non-hydrogen) atoms. The second kappa shape index (κ2) is 4.45. The molecule has 0 saturated carbocycles. The average Bonchev–Trinajstić information content (AvgIpc) is 2.65. The molecule has 2 aromatic rings. The van der Waals surface area contributed by atoms with E-state index in [4.69, 9.17) is 4.74 Å². The van der Waals surface area contributed by atoms with Gasteiger partial charge >= 0.3 is 0 Å². The van der Waals surface area contributed by atoms with E-state index in [0.29, 0.717) is 0 Å². The van der Waals surface area contributed by atoms with Crippen LogP contribution < -0.4 is 4.74 Å². The van der Waals surface area contributed by atoms with Gasteiger partial charge in [0.05, 0.1) is 17.0 Å². The van der Waals surface area contributed by atoms with Gasteiger partial charge in [-0.3, -0.25) is 0 Å². The van der Waals surface area contributed by atoms with E-state index in [1.807, 2.05) is 37.5 Å². The molecule has 1 aromatic carbocycles. The summed E-state index contributed by atoms with van der Waals surface area (Å²) in [6.07, 6.45) is 2.04. The quantitative estimate of drug-likeness (QED) is 0.787. The third kappa shape index (κ3) is 2.18. The normalized spacial score (nSPS) is 10.3. The van der Waals surface area contributed by atoms with Gasteiger partial charge in [-0.2, -0.15) is 0 Å². The first-order valence-corrected chi connectivity index (χ1v) is 5.55. The minimum absolute atomic E-state index is 0.920. The van der Waals surface area contributed by atoms with Crippen molar-refractivity contribution in [2.45, 2.75) is 9.92 Å². The van der Waals surface area contributed by atoms with Crippen LogP contribution in [0.25, 0.3) is 0 Å². The van der Waals surface area contributed by atoms with Gasteiger partial charge in [-0.1, -0.05) is 23.9 Å². The molecule has 0 saturated heterocycles. The predicted molar refractivity (Wildman–Crippen MR) is 62.5 cm³/mol. The van der Waals surface area contributed by atoms with E-state index in [-0.39, 0.29) is 0 Å². The van der Waals surface area contributed by atoms with Crippen LogP contribution in [0.15, 0.2) is 52.5 Å². The molecule has 78 valence electrons. The number of aromatic nitrogens is 1. The van der Waals surface area contributed by atoms with Gasteiger partial charge in [-0.05, 0) is 24.3 Å². The smallest absolute Gasteiger partial charge is 0.132 e. The third-order valence-corrected chi connectivity index (χ3v) is 3.37. The molecule has 0 fully saturated rings. The van der Waals surface area contributed by atoms with Crippen LogP contribution in [0.5, 0.6) is 5.75 Å². The topological polar surface area (TPSA) is 14.2 Å². The highest BCUT2D eigenvalue weighted by Crippen LogP contribution is 2.34. The van der Waals surface area contributed by atoms with Gasteiger partial charge in [0.1, 0.15) is 5.75 Å². The van der Waals surface area contributed by atoms with Crippen LogP contribution in [0.2, 0.25) is 0 Å². The maximum atomic E-state index is 5.30. The zero-order valence-corrected chi connectivity index (χ0v) is 9.62. The number of para-hydroxylation sites is 1. The maximum absolute atomic E-state index is 5.30. The molecule has 0 radical (unpaired) electrons. The Labute approximate surface area is 93.9 Å². The molecule has 1 heterocycles. The number of nitrogens with zero attached hydrogens (tertiary/aromatic N) is 1. The number of aryl methyl sites for hydroxylation is 1. The molecule has 0 N–H and O–H groups in total. The van der Waals surface area contributed by atoms with E-state index < -0.39 is 0 Å². The second-order valence-electron chi connectivity index (χ2n) is 3.21. The van der Waals surface area contributed by atoms with Gasteiger partial charge in [0.2, 0.25) is 0 Å². The van der Waals surface area contributed by atoms with Gasteiger partial charge in [0.25, 0.3) is 0 Å². The Kier molecular flexibility index (Phi) is 3.02.